The minimum absolute atomic E-state index is 0.431. The second-order valence-corrected chi connectivity index (χ2v) is 4.10. The lowest BCUT2D eigenvalue weighted by molar-refractivity contribution is 0.627. The molecule has 5 nitrogen and oxygen atoms in total. The fourth-order valence-electron chi connectivity index (χ4n) is 1.55. The van der Waals surface area contributed by atoms with Crippen LogP contribution in [0.5, 0.6) is 0 Å². The summed E-state index contributed by atoms with van der Waals surface area (Å²) in [6.07, 6.45) is 3.59. The van der Waals surface area contributed by atoms with Gasteiger partial charge in [0.1, 0.15) is 5.52 Å². The Morgan fingerprint density at radius 2 is 2.31 bits per heavy atom. The van der Waals surface area contributed by atoms with Crippen LogP contribution in [0.15, 0.2) is 18.6 Å². The number of fused-ring (bicyclic) bond motifs is 1. The molecular formula is C11H17N5. The van der Waals surface area contributed by atoms with Crippen molar-refractivity contribution in [1.29, 1.82) is 0 Å². The van der Waals surface area contributed by atoms with E-state index >= 15 is 0 Å². The molecule has 0 aromatic carbocycles. The summed E-state index contributed by atoms with van der Waals surface area (Å²) in [5.74, 6) is 1.26. The first-order valence-corrected chi connectivity index (χ1v) is 5.42. The van der Waals surface area contributed by atoms with Gasteiger partial charge in [0.2, 0.25) is 0 Å². The van der Waals surface area contributed by atoms with Crippen LogP contribution in [0.2, 0.25) is 0 Å². The summed E-state index contributed by atoms with van der Waals surface area (Å²) in [6.45, 7) is 3.59. The minimum atomic E-state index is 0.431. The number of nitrogens with zero attached hydrogens (tertiary/aromatic N) is 3. The van der Waals surface area contributed by atoms with E-state index in [0.717, 1.165) is 23.4 Å². The van der Waals surface area contributed by atoms with Crippen LogP contribution in [0.1, 0.15) is 6.92 Å². The number of aryl methyl sites for hydroxylation is 1. The zero-order chi connectivity index (χ0) is 11.5. The van der Waals surface area contributed by atoms with Crippen molar-refractivity contribution in [2.75, 3.05) is 18.4 Å². The Labute approximate surface area is 94.7 Å². The predicted molar refractivity (Wildman–Crippen MR) is 65.2 cm³/mol. The maximum absolute atomic E-state index is 5.57. The summed E-state index contributed by atoms with van der Waals surface area (Å²) in [5.41, 5.74) is 7.57. The maximum Gasteiger partial charge on any atom is 0.154 e. The second-order valence-electron chi connectivity index (χ2n) is 4.10. The lowest BCUT2D eigenvalue weighted by Gasteiger charge is -2.10. The average Bonchev–Trinajstić information content (AvgIpc) is 2.69. The SMILES string of the molecule is CC(CN)CNc1nccc2c1ncn2C. The predicted octanol–water partition coefficient (Wildman–Crippen LogP) is 0.975. The van der Waals surface area contributed by atoms with E-state index in [9.17, 15) is 0 Å². The van der Waals surface area contributed by atoms with Gasteiger partial charge in [-0.15, -0.1) is 0 Å². The van der Waals surface area contributed by atoms with E-state index in [-0.39, 0.29) is 0 Å². The number of pyridine rings is 1. The smallest absolute Gasteiger partial charge is 0.154 e. The van der Waals surface area contributed by atoms with Crippen LogP contribution < -0.4 is 11.1 Å². The van der Waals surface area contributed by atoms with Gasteiger partial charge in [0, 0.05) is 19.8 Å². The Kier molecular flexibility index (Phi) is 3.05. The van der Waals surface area contributed by atoms with Crippen LogP contribution in [-0.4, -0.2) is 27.6 Å². The molecule has 3 N–H and O–H groups in total. The quantitative estimate of drug-likeness (QED) is 0.804. The zero-order valence-corrected chi connectivity index (χ0v) is 9.64. The Hall–Kier alpha value is -1.62. The van der Waals surface area contributed by atoms with Gasteiger partial charge in [0.25, 0.3) is 0 Å². The fourth-order valence-corrected chi connectivity index (χ4v) is 1.55. The number of rotatable bonds is 4. The van der Waals surface area contributed by atoms with Crippen LogP contribution >= 0.6 is 0 Å². The molecule has 0 fully saturated rings. The highest BCUT2D eigenvalue weighted by Gasteiger charge is 2.07. The molecule has 0 aliphatic carbocycles. The van der Waals surface area contributed by atoms with Gasteiger partial charge in [-0.3, -0.25) is 0 Å². The molecule has 1 unspecified atom stereocenters. The van der Waals surface area contributed by atoms with Gasteiger partial charge in [0.05, 0.1) is 11.8 Å². The van der Waals surface area contributed by atoms with Crippen LogP contribution in [-0.2, 0) is 7.05 Å². The molecule has 2 rings (SSSR count). The Balaban J connectivity index is 2.24. The molecular weight excluding hydrogens is 202 g/mol. The van der Waals surface area contributed by atoms with E-state index in [0.29, 0.717) is 12.5 Å². The van der Waals surface area contributed by atoms with E-state index in [1.54, 1.807) is 12.5 Å². The van der Waals surface area contributed by atoms with Gasteiger partial charge >= 0.3 is 0 Å². The molecule has 5 heteroatoms. The molecule has 86 valence electrons. The third-order valence-electron chi connectivity index (χ3n) is 2.66. The number of hydrogen-bond acceptors (Lipinski definition) is 4. The molecule has 2 aromatic rings. The molecule has 2 heterocycles. The summed E-state index contributed by atoms with van der Waals surface area (Å²) in [5, 5.41) is 3.28. The Morgan fingerprint density at radius 3 is 3.06 bits per heavy atom. The highest BCUT2D eigenvalue weighted by molar-refractivity contribution is 5.85. The first-order chi connectivity index (χ1) is 7.72. The monoisotopic (exact) mass is 219 g/mol. The minimum Gasteiger partial charge on any atom is -0.368 e. The number of imidazole rings is 1. The number of hydrogen-bond donors (Lipinski definition) is 2. The molecule has 2 aromatic heterocycles. The van der Waals surface area contributed by atoms with Crippen molar-refractivity contribution in [2.45, 2.75) is 6.92 Å². The molecule has 16 heavy (non-hydrogen) atoms. The topological polar surface area (TPSA) is 68.8 Å². The van der Waals surface area contributed by atoms with Crippen molar-refractivity contribution in [3.63, 3.8) is 0 Å². The second kappa shape index (κ2) is 4.49. The van der Waals surface area contributed by atoms with Crippen LogP contribution in [0.3, 0.4) is 0 Å². The van der Waals surface area contributed by atoms with E-state index in [2.05, 4.69) is 22.2 Å². The summed E-state index contributed by atoms with van der Waals surface area (Å²) in [6, 6.07) is 1.96. The van der Waals surface area contributed by atoms with E-state index in [4.69, 9.17) is 5.73 Å². The number of anilines is 1. The molecule has 0 spiro atoms. The van der Waals surface area contributed by atoms with Crippen molar-refractivity contribution >= 4 is 16.9 Å². The van der Waals surface area contributed by atoms with Gasteiger partial charge in [-0.05, 0) is 18.5 Å². The summed E-state index contributed by atoms with van der Waals surface area (Å²) >= 11 is 0. The molecule has 0 amide bonds. The maximum atomic E-state index is 5.57. The summed E-state index contributed by atoms with van der Waals surface area (Å²) in [7, 11) is 1.97. The molecule has 1 atom stereocenters. The molecule has 0 saturated heterocycles. The van der Waals surface area contributed by atoms with Gasteiger partial charge in [-0.25, -0.2) is 9.97 Å². The van der Waals surface area contributed by atoms with E-state index < -0.39 is 0 Å². The van der Waals surface area contributed by atoms with Crippen LogP contribution in [0.4, 0.5) is 5.82 Å². The highest BCUT2D eigenvalue weighted by atomic mass is 15.1. The van der Waals surface area contributed by atoms with Crippen LogP contribution in [0.25, 0.3) is 11.0 Å². The van der Waals surface area contributed by atoms with Crippen molar-refractivity contribution in [3.05, 3.63) is 18.6 Å². The van der Waals surface area contributed by atoms with Gasteiger partial charge < -0.3 is 15.6 Å². The lowest BCUT2D eigenvalue weighted by Crippen LogP contribution is -2.20. The third-order valence-corrected chi connectivity index (χ3v) is 2.66. The lowest BCUT2D eigenvalue weighted by atomic mass is 10.2. The molecule has 0 bridgehead atoms. The van der Waals surface area contributed by atoms with Gasteiger partial charge in [-0.2, -0.15) is 0 Å². The van der Waals surface area contributed by atoms with Gasteiger partial charge in [0.15, 0.2) is 5.82 Å². The standard InChI is InChI=1S/C11H17N5/c1-8(5-12)6-14-11-10-9(3-4-13-11)16(2)7-15-10/h3-4,7-8H,5-6,12H2,1-2H3,(H,13,14). The molecule has 0 aliphatic rings. The first-order valence-electron chi connectivity index (χ1n) is 5.42. The fraction of sp³-hybridized carbons (Fsp3) is 0.455. The Morgan fingerprint density at radius 1 is 1.50 bits per heavy atom. The summed E-state index contributed by atoms with van der Waals surface area (Å²) < 4.78 is 1.98. The van der Waals surface area contributed by atoms with Gasteiger partial charge in [-0.1, -0.05) is 6.92 Å². The molecule has 0 saturated carbocycles. The summed E-state index contributed by atoms with van der Waals surface area (Å²) in [4.78, 5) is 8.63. The van der Waals surface area contributed by atoms with Crippen molar-refractivity contribution < 1.29 is 0 Å². The average molecular weight is 219 g/mol. The largest absolute Gasteiger partial charge is 0.368 e. The van der Waals surface area contributed by atoms with Crippen molar-refractivity contribution in [2.24, 2.45) is 18.7 Å². The third kappa shape index (κ3) is 1.99. The molecule has 0 aliphatic heterocycles. The van der Waals surface area contributed by atoms with Crippen molar-refractivity contribution in [1.82, 2.24) is 14.5 Å². The van der Waals surface area contributed by atoms with Crippen molar-refractivity contribution in [3.8, 4) is 0 Å². The van der Waals surface area contributed by atoms with E-state index in [1.807, 2.05) is 17.7 Å². The molecule has 0 radical (unpaired) electrons. The first kappa shape index (κ1) is 10.9. The normalized spacial score (nSPS) is 12.9. The van der Waals surface area contributed by atoms with Crippen LogP contribution in [0, 0.1) is 5.92 Å². The zero-order valence-electron chi connectivity index (χ0n) is 9.64. The number of nitrogens with two attached hydrogens (primary N) is 1. The van der Waals surface area contributed by atoms with E-state index in [1.165, 1.54) is 0 Å². The Bertz CT molecular complexity index is 476. The highest BCUT2D eigenvalue weighted by Crippen LogP contribution is 2.18. The number of aromatic nitrogens is 3. The number of nitrogens with one attached hydrogen (secondary N) is 1.